The minimum atomic E-state index is -0.347. The number of nitrogens with one attached hydrogen (secondary N) is 1. The normalized spacial score (nSPS) is 10.9. The Balaban J connectivity index is 1.63. The van der Waals surface area contributed by atoms with Crippen molar-refractivity contribution in [3.05, 3.63) is 102 Å². The van der Waals surface area contributed by atoms with Crippen LogP contribution in [0.15, 0.2) is 90.5 Å². The van der Waals surface area contributed by atoms with Gasteiger partial charge in [-0.1, -0.05) is 84.9 Å². The molecule has 0 aliphatic rings. The molecule has 3 aromatic rings. The summed E-state index contributed by atoms with van der Waals surface area (Å²) in [5.41, 5.74) is 4.31. The summed E-state index contributed by atoms with van der Waals surface area (Å²) in [7, 11) is 0. The number of carbonyl (C=O) groups excluding carboxylic acids is 1. The molecule has 0 radical (unpaired) electrons. The van der Waals surface area contributed by atoms with Gasteiger partial charge in [0.05, 0.1) is 0 Å². The van der Waals surface area contributed by atoms with Gasteiger partial charge in [-0.05, 0) is 34.8 Å². The van der Waals surface area contributed by atoms with Crippen LogP contribution < -0.4 is 5.32 Å². The number of nitriles is 1. The molecule has 0 aliphatic heterocycles. The van der Waals surface area contributed by atoms with E-state index in [-0.39, 0.29) is 11.5 Å². The molecule has 0 saturated heterocycles. The van der Waals surface area contributed by atoms with Crippen LogP contribution in [-0.4, -0.2) is 12.5 Å². The first-order chi connectivity index (χ1) is 13.3. The molecule has 3 rings (SSSR count). The third-order valence-electron chi connectivity index (χ3n) is 4.24. The number of hydrogen-bond donors (Lipinski definition) is 1. The Hall–Kier alpha value is -3.64. The van der Waals surface area contributed by atoms with E-state index in [4.69, 9.17) is 0 Å². The summed E-state index contributed by atoms with van der Waals surface area (Å²) in [5, 5.41) is 12.1. The van der Waals surface area contributed by atoms with Crippen molar-refractivity contribution in [3.8, 4) is 17.2 Å². The van der Waals surface area contributed by atoms with E-state index in [0.29, 0.717) is 6.54 Å². The van der Waals surface area contributed by atoms with E-state index in [1.807, 2.05) is 91.0 Å². The first kappa shape index (κ1) is 18.2. The van der Waals surface area contributed by atoms with E-state index in [1.165, 1.54) is 0 Å². The zero-order valence-electron chi connectivity index (χ0n) is 14.9. The lowest BCUT2D eigenvalue weighted by atomic mass is 10.0. The van der Waals surface area contributed by atoms with Gasteiger partial charge in [-0.25, -0.2) is 0 Å². The van der Waals surface area contributed by atoms with Crippen LogP contribution in [0.3, 0.4) is 0 Å². The van der Waals surface area contributed by atoms with Crippen LogP contribution >= 0.6 is 0 Å². The smallest absolute Gasteiger partial charge is 0.261 e. The van der Waals surface area contributed by atoms with Gasteiger partial charge < -0.3 is 5.32 Å². The van der Waals surface area contributed by atoms with Crippen LogP contribution in [0.5, 0.6) is 0 Å². The maximum absolute atomic E-state index is 12.3. The standard InChI is InChI=1S/C24H20N2O/c25-18-23(24(27)26-16-15-19-7-3-1-4-8-19)17-20-11-13-22(14-12-20)21-9-5-2-6-10-21/h1-14,17H,15-16H2,(H,26,27). The van der Waals surface area contributed by atoms with Crippen LogP contribution in [0, 0.1) is 11.3 Å². The fourth-order valence-electron chi connectivity index (χ4n) is 2.78. The molecule has 0 spiro atoms. The second-order valence-electron chi connectivity index (χ2n) is 6.15. The van der Waals surface area contributed by atoms with Crippen molar-refractivity contribution < 1.29 is 4.79 Å². The zero-order chi connectivity index (χ0) is 18.9. The molecule has 0 aliphatic carbocycles. The SMILES string of the molecule is N#CC(=Cc1ccc(-c2ccccc2)cc1)C(=O)NCCc1ccccc1. The molecular formula is C24H20N2O. The van der Waals surface area contributed by atoms with Gasteiger partial charge in [-0.15, -0.1) is 0 Å². The van der Waals surface area contributed by atoms with Crippen molar-refractivity contribution in [1.29, 1.82) is 5.26 Å². The maximum Gasteiger partial charge on any atom is 0.261 e. The van der Waals surface area contributed by atoms with Gasteiger partial charge in [0, 0.05) is 6.54 Å². The molecule has 27 heavy (non-hydrogen) atoms. The van der Waals surface area contributed by atoms with Crippen molar-refractivity contribution in [1.82, 2.24) is 5.32 Å². The summed E-state index contributed by atoms with van der Waals surface area (Å²) >= 11 is 0. The molecule has 0 aromatic heterocycles. The summed E-state index contributed by atoms with van der Waals surface area (Å²) < 4.78 is 0. The average Bonchev–Trinajstić information content (AvgIpc) is 2.74. The van der Waals surface area contributed by atoms with Crippen LogP contribution in [-0.2, 0) is 11.2 Å². The molecule has 0 unspecified atom stereocenters. The lowest BCUT2D eigenvalue weighted by Crippen LogP contribution is -2.26. The Morgan fingerprint density at radius 3 is 2.07 bits per heavy atom. The Morgan fingerprint density at radius 2 is 1.44 bits per heavy atom. The van der Waals surface area contributed by atoms with Gasteiger partial charge in [0.2, 0.25) is 0 Å². The van der Waals surface area contributed by atoms with E-state index in [9.17, 15) is 10.1 Å². The average molecular weight is 352 g/mol. The second kappa shape index (κ2) is 9.17. The predicted molar refractivity (Wildman–Crippen MR) is 109 cm³/mol. The minimum absolute atomic E-state index is 0.107. The second-order valence-corrected chi connectivity index (χ2v) is 6.15. The number of carbonyl (C=O) groups is 1. The zero-order valence-corrected chi connectivity index (χ0v) is 14.9. The van der Waals surface area contributed by atoms with Crippen molar-refractivity contribution >= 4 is 12.0 Å². The summed E-state index contributed by atoms with van der Waals surface area (Å²) in [6.07, 6.45) is 2.35. The predicted octanol–water partition coefficient (Wildman–Crippen LogP) is 4.62. The summed E-state index contributed by atoms with van der Waals surface area (Å²) in [6, 6.07) is 29.8. The van der Waals surface area contributed by atoms with Crippen molar-refractivity contribution in [2.75, 3.05) is 6.54 Å². The molecule has 0 bridgehead atoms. The van der Waals surface area contributed by atoms with Crippen molar-refractivity contribution in [3.63, 3.8) is 0 Å². The van der Waals surface area contributed by atoms with Gasteiger partial charge in [-0.3, -0.25) is 4.79 Å². The molecule has 132 valence electrons. The molecule has 1 amide bonds. The summed E-state index contributed by atoms with van der Waals surface area (Å²) in [4.78, 5) is 12.3. The van der Waals surface area contributed by atoms with E-state index in [0.717, 1.165) is 28.7 Å². The molecule has 0 atom stereocenters. The van der Waals surface area contributed by atoms with Crippen LogP contribution in [0.25, 0.3) is 17.2 Å². The molecule has 3 nitrogen and oxygen atoms in total. The monoisotopic (exact) mass is 352 g/mol. The number of amides is 1. The van der Waals surface area contributed by atoms with Crippen molar-refractivity contribution in [2.45, 2.75) is 6.42 Å². The minimum Gasteiger partial charge on any atom is -0.351 e. The molecule has 0 saturated carbocycles. The third-order valence-corrected chi connectivity index (χ3v) is 4.24. The van der Waals surface area contributed by atoms with Gasteiger partial charge in [0.15, 0.2) is 0 Å². The fourth-order valence-corrected chi connectivity index (χ4v) is 2.78. The van der Waals surface area contributed by atoms with E-state index >= 15 is 0 Å². The quantitative estimate of drug-likeness (QED) is 0.520. The topological polar surface area (TPSA) is 52.9 Å². The lowest BCUT2D eigenvalue weighted by Gasteiger charge is -2.05. The fraction of sp³-hybridized carbons (Fsp3) is 0.0833. The number of benzene rings is 3. The van der Waals surface area contributed by atoms with Crippen LogP contribution in [0.4, 0.5) is 0 Å². The Kier molecular flexibility index (Phi) is 6.17. The van der Waals surface area contributed by atoms with Gasteiger partial charge >= 0.3 is 0 Å². The molecule has 1 N–H and O–H groups in total. The highest BCUT2D eigenvalue weighted by Gasteiger charge is 2.08. The Morgan fingerprint density at radius 1 is 0.852 bits per heavy atom. The highest BCUT2D eigenvalue weighted by atomic mass is 16.1. The first-order valence-corrected chi connectivity index (χ1v) is 8.85. The van der Waals surface area contributed by atoms with E-state index in [2.05, 4.69) is 5.32 Å². The van der Waals surface area contributed by atoms with Crippen molar-refractivity contribution in [2.24, 2.45) is 0 Å². The van der Waals surface area contributed by atoms with E-state index < -0.39 is 0 Å². The Labute approximate surface area is 159 Å². The lowest BCUT2D eigenvalue weighted by molar-refractivity contribution is -0.117. The first-order valence-electron chi connectivity index (χ1n) is 8.85. The highest BCUT2D eigenvalue weighted by Crippen LogP contribution is 2.20. The largest absolute Gasteiger partial charge is 0.351 e. The molecule has 3 aromatic carbocycles. The summed E-state index contributed by atoms with van der Waals surface area (Å²) in [5.74, 6) is -0.347. The third kappa shape index (κ3) is 5.17. The Bertz CT molecular complexity index is 953. The highest BCUT2D eigenvalue weighted by molar-refractivity contribution is 6.01. The van der Waals surface area contributed by atoms with E-state index in [1.54, 1.807) is 6.08 Å². The van der Waals surface area contributed by atoms with Gasteiger partial charge in [0.1, 0.15) is 11.6 Å². The van der Waals surface area contributed by atoms with Crippen LogP contribution in [0.2, 0.25) is 0 Å². The maximum atomic E-state index is 12.3. The van der Waals surface area contributed by atoms with Crippen LogP contribution in [0.1, 0.15) is 11.1 Å². The van der Waals surface area contributed by atoms with Gasteiger partial charge in [0.25, 0.3) is 5.91 Å². The molecule has 0 fully saturated rings. The molecule has 0 heterocycles. The summed E-state index contributed by atoms with van der Waals surface area (Å²) in [6.45, 7) is 0.495. The number of hydrogen-bond acceptors (Lipinski definition) is 2. The van der Waals surface area contributed by atoms with Gasteiger partial charge in [-0.2, -0.15) is 5.26 Å². The number of rotatable bonds is 6. The molecular weight excluding hydrogens is 332 g/mol. The number of nitrogens with zero attached hydrogens (tertiary/aromatic N) is 1. The molecule has 3 heteroatoms.